The number of carbonyl (C=O) groups excluding carboxylic acids is 1. The molecule has 2 rings (SSSR count). The van der Waals surface area contributed by atoms with Crippen LogP contribution in [0.3, 0.4) is 0 Å². The highest BCUT2D eigenvalue weighted by Gasteiger charge is 2.11. The van der Waals surface area contributed by atoms with Crippen LogP contribution in [0.2, 0.25) is 0 Å². The Bertz CT molecular complexity index is 590. The number of hydrogen-bond acceptors (Lipinski definition) is 2. The van der Waals surface area contributed by atoms with E-state index in [2.05, 4.69) is 27.8 Å². The van der Waals surface area contributed by atoms with E-state index in [9.17, 15) is 4.79 Å². The summed E-state index contributed by atoms with van der Waals surface area (Å²) >= 11 is 3.44. The van der Waals surface area contributed by atoms with E-state index >= 15 is 0 Å². The van der Waals surface area contributed by atoms with E-state index in [4.69, 9.17) is 0 Å². The molecule has 1 heterocycles. The summed E-state index contributed by atoms with van der Waals surface area (Å²) in [6.45, 7) is 5.00. The number of hydrogen-bond donors (Lipinski definition) is 0. The van der Waals surface area contributed by atoms with E-state index in [0.717, 1.165) is 34.4 Å². The maximum absolute atomic E-state index is 12.3. The predicted octanol–water partition coefficient (Wildman–Crippen LogP) is 3.79. The highest BCUT2D eigenvalue weighted by molar-refractivity contribution is 9.10. The van der Waals surface area contributed by atoms with Gasteiger partial charge in [-0.25, -0.2) is 4.98 Å². The fourth-order valence-corrected chi connectivity index (χ4v) is 2.26. The Morgan fingerprint density at radius 2 is 2.21 bits per heavy atom. The van der Waals surface area contributed by atoms with Gasteiger partial charge in [-0.3, -0.25) is 4.79 Å². The number of halogens is 1. The van der Waals surface area contributed by atoms with Crippen LogP contribution in [-0.4, -0.2) is 15.3 Å². The van der Waals surface area contributed by atoms with Gasteiger partial charge >= 0.3 is 0 Å². The fraction of sp³-hybridized carbons (Fsp3) is 0.333. The van der Waals surface area contributed by atoms with Crippen molar-refractivity contribution in [1.82, 2.24) is 9.55 Å². The molecule has 0 saturated heterocycles. The second-order valence-corrected chi connectivity index (χ2v) is 5.46. The summed E-state index contributed by atoms with van der Waals surface area (Å²) in [7, 11) is 0. The first-order valence-corrected chi connectivity index (χ1v) is 7.20. The summed E-state index contributed by atoms with van der Waals surface area (Å²) in [6.07, 6.45) is 5.08. The van der Waals surface area contributed by atoms with Crippen LogP contribution in [0.15, 0.2) is 35.1 Å². The van der Waals surface area contributed by atoms with Crippen molar-refractivity contribution in [2.75, 3.05) is 0 Å². The number of Topliss-reactive ketones (excluding diaryl/α,β-unsaturated/α-hetero) is 1. The Hall–Kier alpha value is -1.42. The molecule has 0 spiro atoms. The number of imidazole rings is 1. The number of aromatic nitrogens is 2. The number of ketones is 1. The molecule has 3 nitrogen and oxygen atoms in total. The highest BCUT2D eigenvalue weighted by Crippen LogP contribution is 2.18. The van der Waals surface area contributed by atoms with Gasteiger partial charge in [-0.05, 0) is 31.0 Å². The highest BCUT2D eigenvalue weighted by atomic mass is 79.9. The van der Waals surface area contributed by atoms with Gasteiger partial charge in [0, 0.05) is 29.0 Å². The zero-order chi connectivity index (χ0) is 13.8. The average Bonchev–Trinajstić information content (AvgIpc) is 2.80. The van der Waals surface area contributed by atoms with E-state index in [1.54, 1.807) is 6.20 Å². The van der Waals surface area contributed by atoms with Crippen LogP contribution in [0.5, 0.6) is 0 Å². The molecule has 0 aliphatic carbocycles. The van der Waals surface area contributed by atoms with Crippen LogP contribution < -0.4 is 0 Å². The van der Waals surface area contributed by atoms with Crippen molar-refractivity contribution in [2.45, 2.75) is 33.2 Å². The molecule has 100 valence electrons. The number of nitrogens with zero attached hydrogens (tertiary/aromatic N) is 2. The Balaban J connectivity index is 2.16. The van der Waals surface area contributed by atoms with Crippen molar-refractivity contribution in [3.8, 4) is 0 Å². The zero-order valence-corrected chi connectivity index (χ0v) is 12.8. The fourth-order valence-electron chi connectivity index (χ4n) is 2.02. The van der Waals surface area contributed by atoms with Crippen LogP contribution in [0, 0.1) is 6.92 Å². The molecular weight excluding hydrogens is 304 g/mol. The lowest BCUT2D eigenvalue weighted by Gasteiger charge is -2.07. The first-order valence-electron chi connectivity index (χ1n) is 6.41. The molecule has 1 aromatic carbocycles. The first-order chi connectivity index (χ1) is 9.11. The Morgan fingerprint density at radius 3 is 2.89 bits per heavy atom. The van der Waals surface area contributed by atoms with Crippen molar-refractivity contribution < 1.29 is 4.79 Å². The van der Waals surface area contributed by atoms with Crippen LogP contribution >= 0.6 is 15.9 Å². The lowest BCUT2D eigenvalue weighted by atomic mass is 10.1. The number of aryl methyl sites for hydroxylation is 2. The van der Waals surface area contributed by atoms with Crippen molar-refractivity contribution in [2.24, 2.45) is 0 Å². The van der Waals surface area contributed by atoms with Gasteiger partial charge in [0.1, 0.15) is 5.82 Å². The molecule has 0 N–H and O–H groups in total. The quantitative estimate of drug-likeness (QED) is 0.785. The molecule has 4 heteroatoms. The molecule has 2 aromatic rings. The maximum Gasteiger partial charge on any atom is 0.170 e. The summed E-state index contributed by atoms with van der Waals surface area (Å²) in [5.74, 6) is 0.951. The molecule has 0 unspecified atom stereocenters. The second kappa shape index (κ2) is 6.15. The van der Waals surface area contributed by atoms with Gasteiger partial charge in [0.05, 0.1) is 6.42 Å². The molecule has 0 aliphatic heterocycles. The minimum absolute atomic E-state index is 0.110. The molecule has 0 radical (unpaired) electrons. The average molecular weight is 321 g/mol. The third-order valence-electron chi connectivity index (χ3n) is 3.06. The molecule has 0 aliphatic rings. The molecule has 0 atom stereocenters. The van der Waals surface area contributed by atoms with Crippen LogP contribution in [0.1, 0.15) is 35.1 Å². The predicted molar refractivity (Wildman–Crippen MR) is 79.4 cm³/mol. The van der Waals surface area contributed by atoms with E-state index in [1.807, 2.05) is 35.9 Å². The zero-order valence-electron chi connectivity index (χ0n) is 11.2. The molecule has 0 saturated carbocycles. The maximum atomic E-state index is 12.3. The Morgan fingerprint density at radius 1 is 1.42 bits per heavy atom. The topological polar surface area (TPSA) is 34.9 Å². The van der Waals surface area contributed by atoms with Crippen molar-refractivity contribution >= 4 is 21.7 Å². The van der Waals surface area contributed by atoms with Gasteiger partial charge in [-0.1, -0.05) is 28.9 Å². The van der Waals surface area contributed by atoms with E-state index in [-0.39, 0.29) is 5.78 Å². The molecule has 0 amide bonds. The van der Waals surface area contributed by atoms with Crippen LogP contribution in [-0.2, 0) is 13.0 Å². The van der Waals surface area contributed by atoms with Crippen LogP contribution in [0.4, 0.5) is 0 Å². The Kier molecular flexibility index (Phi) is 4.53. The minimum Gasteiger partial charge on any atom is -0.335 e. The van der Waals surface area contributed by atoms with E-state index in [1.165, 1.54) is 0 Å². The van der Waals surface area contributed by atoms with Gasteiger partial charge < -0.3 is 4.57 Å². The third kappa shape index (κ3) is 3.32. The normalized spacial score (nSPS) is 10.7. The van der Waals surface area contributed by atoms with Crippen molar-refractivity contribution in [1.29, 1.82) is 0 Å². The summed E-state index contributed by atoms with van der Waals surface area (Å²) in [4.78, 5) is 16.5. The van der Waals surface area contributed by atoms with Gasteiger partial charge in [-0.2, -0.15) is 0 Å². The summed E-state index contributed by atoms with van der Waals surface area (Å²) in [6, 6.07) is 5.69. The monoisotopic (exact) mass is 320 g/mol. The number of carbonyl (C=O) groups is 1. The molecule has 19 heavy (non-hydrogen) atoms. The molecule has 0 bridgehead atoms. The second-order valence-electron chi connectivity index (χ2n) is 4.60. The van der Waals surface area contributed by atoms with Gasteiger partial charge in [0.2, 0.25) is 0 Å². The largest absolute Gasteiger partial charge is 0.335 e. The third-order valence-corrected chi connectivity index (χ3v) is 3.95. The summed E-state index contributed by atoms with van der Waals surface area (Å²) in [5, 5.41) is 0. The smallest absolute Gasteiger partial charge is 0.170 e. The Labute approximate surface area is 121 Å². The molecular formula is C15H17BrN2O. The van der Waals surface area contributed by atoms with Gasteiger partial charge in [0.15, 0.2) is 5.78 Å². The number of benzene rings is 1. The van der Waals surface area contributed by atoms with E-state index in [0.29, 0.717) is 6.42 Å². The van der Waals surface area contributed by atoms with Crippen molar-refractivity contribution in [3.05, 3.63) is 52.0 Å². The lowest BCUT2D eigenvalue weighted by molar-refractivity contribution is 0.0989. The molecule has 0 fully saturated rings. The van der Waals surface area contributed by atoms with Crippen LogP contribution in [0.25, 0.3) is 0 Å². The SMILES string of the molecule is CCCn1ccnc1CC(=O)c1ccc(Br)c(C)c1. The minimum atomic E-state index is 0.110. The van der Waals surface area contributed by atoms with E-state index < -0.39 is 0 Å². The molecule has 1 aromatic heterocycles. The summed E-state index contributed by atoms with van der Waals surface area (Å²) in [5.41, 5.74) is 1.81. The van der Waals surface area contributed by atoms with Gasteiger partial charge in [0.25, 0.3) is 0 Å². The van der Waals surface area contributed by atoms with Crippen molar-refractivity contribution in [3.63, 3.8) is 0 Å². The van der Waals surface area contributed by atoms with Gasteiger partial charge in [-0.15, -0.1) is 0 Å². The standard InChI is InChI=1S/C15H17BrN2O/c1-3-7-18-8-6-17-15(18)10-14(19)12-4-5-13(16)11(2)9-12/h4-6,8-9H,3,7,10H2,1-2H3. The first kappa shape index (κ1) is 14.0. The lowest BCUT2D eigenvalue weighted by Crippen LogP contribution is -2.10. The number of rotatable bonds is 5. The summed E-state index contributed by atoms with van der Waals surface area (Å²) < 4.78 is 3.07.